The molecule has 0 saturated carbocycles. The molecular formula is C46H51N5O9S. The summed E-state index contributed by atoms with van der Waals surface area (Å²) in [6, 6.07) is 28.9. The Hall–Kier alpha value is -6.48. The number of anilines is 1. The zero-order chi connectivity index (χ0) is 44.1. The number of hydrogen-bond acceptors (Lipinski definition) is 10. The van der Waals surface area contributed by atoms with Crippen molar-refractivity contribution in [3.05, 3.63) is 120 Å². The summed E-state index contributed by atoms with van der Waals surface area (Å²) >= 11 is 0. The molecule has 0 spiro atoms. The van der Waals surface area contributed by atoms with Gasteiger partial charge in [-0.1, -0.05) is 93.6 Å². The smallest absolute Gasteiger partial charge is 0.408 e. The Bertz CT molecular complexity index is 2520. The summed E-state index contributed by atoms with van der Waals surface area (Å²) in [7, 11) is -2.56. The van der Waals surface area contributed by atoms with E-state index < -0.39 is 68.8 Å². The number of hydrogen-bond donors (Lipinski definition) is 3. The van der Waals surface area contributed by atoms with E-state index in [0.717, 1.165) is 5.56 Å². The van der Waals surface area contributed by atoms with E-state index >= 15 is 0 Å². The van der Waals surface area contributed by atoms with E-state index in [1.807, 2.05) is 42.5 Å². The highest BCUT2D eigenvalue weighted by Gasteiger charge is 2.46. The SMILES string of the molecule is COc1ccc2c(O[C@@H]3C[C@H](C(=O)Nc4ccccc4C(=O)NS(=O)(=O)Cc4ccccc4)N(C(=O)[C@@H](NC(=O)OC(C)(C)C)C(C)(C)C)C3)cc(-c3ccccc3)nc2c1. The number of para-hydroxylation sites is 1. The van der Waals surface area contributed by atoms with Gasteiger partial charge in [-0.25, -0.2) is 22.9 Å². The zero-order valence-electron chi connectivity index (χ0n) is 35.2. The van der Waals surface area contributed by atoms with Crippen molar-refractivity contribution in [1.82, 2.24) is 19.9 Å². The predicted octanol–water partition coefficient (Wildman–Crippen LogP) is 7.10. The van der Waals surface area contributed by atoms with Crippen LogP contribution in [0.15, 0.2) is 109 Å². The number of carbonyl (C=O) groups is 4. The third kappa shape index (κ3) is 11.2. The van der Waals surface area contributed by atoms with Crippen molar-refractivity contribution < 1.29 is 41.8 Å². The molecule has 0 aliphatic carbocycles. The number of rotatable bonds is 12. The van der Waals surface area contributed by atoms with Crippen molar-refractivity contribution in [3.8, 4) is 22.8 Å². The molecule has 5 aromatic rings. The normalized spacial score (nSPS) is 16.0. The van der Waals surface area contributed by atoms with Crippen molar-refractivity contribution in [2.75, 3.05) is 19.0 Å². The lowest BCUT2D eigenvalue weighted by Crippen LogP contribution is -2.57. The van der Waals surface area contributed by atoms with E-state index in [0.29, 0.717) is 33.7 Å². The molecule has 2 heterocycles. The third-order valence-corrected chi connectivity index (χ3v) is 11.1. The second-order valence-corrected chi connectivity index (χ2v) is 18.6. The van der Waals surface area contributed by atoms with E-state index in [1.54, 1.807) is 97.2 Å². The van der Waals surface area contributed by atoms with Crippen molar-refractivity contribution in [2.45, 2.75) is 77.5 Å². The number of nitrogens with zero attached hydrogens (tertiary/aromatic N) is 2. The third-order valence-electron chi connectivity index (χ3n) is 9.84. The molecule has 3 N–H and O–H groups in total. The number of likely N-dealkylation sites (tertiary alicyclic amines) is 1. The molecule has 15 heteroatoms. The lowest BCUT2D eigenvalue weighted by molar-refractivity contribution is -0.140. The fourth-order valence-electron chi connectivity index (χ4n) is 6.98. The fraction of sp³-hybridized carbons (Fsp3) is 0.326. The second-order valence-electron chi connectivity index (χ2n) is 16.9. The first-order chi connectivity index (χ1) is 28.8. The fourth-order valence-corrected chi connectivity index (χ4v) is 8.08. The van der Waals surface area contributed by atoms with Crippen molar-refractivity contribution in [3.63, 3.8) is 0 Å². The first-order valence-corrected chi connectivity index (χ1v) is 21.4. The number of methoxy groups -OCH3 is 1. The van der Waals surface area contributed by atoms with Crippen LogP contribution < -0.4 is 24.8 Å². The van der Waals surface area contributed by atoms with Gasteiger partial charge in [0.25, 0.3) is 5.91 Å². The number of sulfonamides is 1. The highest BCUT2D eigenvalue weighted by molar-refractivity contribution is 7.89. The van der Waals surface area contributed by atoms with Gasteiger partial charge in [0.1, 0.15) is 35.3 Å². The van der Waals surface area contributed by atoms with E-state index in [-0.39, 0.29) is 24.2 Å². The minimum atomic E-state index is -4.12. The van der Waals surface area contributed by atoms with Crippen LogP contribution in [0.25, 0.3) is 22.2 Å². The van der Waals surface area contributed by atoms with Crippen LogP contribution in [-0.2, 0) is 30.1 Å². The van der Waals surface area contributed by atoms with Gasteiger partial charge in [0.05, 0.1) is 41.9 Å². The molecule has 1 aliphatic rings. The summed E-state index contributed by atoms with van der Waals surface area (Å²) < 4.78 is 45.9. The molecule has 1 fully saturated rings. The van der Waals surface area contributed by atoms with Crippen LogP contribution in [0.5, 0.6) is 11.5 Å². The van der Waals surface area contributed by atoms with Crippen molar-refractivity contribution >= 4 is 50.4 Å². The van der Waals surface area contributed by atoms with Gasteiger partial charge >= 0.3 is 6.09 Å². The first kappa shape index (κ1) is 44.1. The number of amides is 4. The molecule has 6 rings (SSSR count). The van der Waals surface area contributed by atoms with Gasteiger partial charge in [-0.15, -0.1) is 0 Å². The summed E-state index contributed by atoms with van der Waals surface area (Å²) in [4.78, 5) is 62.1. The number of pyridine rings is 1. The summed E-state index contributed by atoms with van der Waals surface area (Å²) in [5.74, 6) is -1.55. The van der Waals surface area contributed by atoms with Gasteiger partial charge in [-0.2, -0.15) is 0 Å². The highest BCUT2D eigenvalue weighted by Crippen LogP contribution is 2.35. The minimum Gasteiger partial charge on any atom is -0.497 e. The van der Waals surface area contributed by atoms with Crippen LogP contribution in [0, 0.1) is 5.41 Å². The number of nitrogens with one attached hydrogen (secondary N) is 3. The Labute approximate surface area is 356 Å². The van der Waals surface area contributed by atoms with Crippen LogP contribution in [0.4, 0.5) is 10.5 Å². The highest BCUT2D eigenvalue weighted by atomic mass is 32.2. The molecule has 1 saturated heterocycles. The van der Waals surface area contributed by atoms with Gasteiger partial charge < -0.3 is 29.7 Å². The molecule has 320 valence electrons. The Kier molecular flexibility index (Phi) is 13.0. The van der Waals surface area contributed by atoms with Gasteiger partial charge in [0.2, 0.25) is 21.8 Å². The van der Waals surface area contributed by atoms with Crippen molar-refractivity contribution in [1.29, 1.82) is 0 Å². The number of carbonyl (C=O) groups excluding carboxylic acids is 4. The summed E-state index contributed by atoms with van der Waals surface area (Å²) in [5, 5.41) is 6.19. The van der Waals surface area contributed by atoms with E-state index in [9.17, 15) is 27.6 Å². The van der Waals surface area contributed by atoms with E-state index in [2.05, 4.69) is 15.4 Å². The standard InChI is InChI=1S/C46H51N5O9S/c1-45(2,3)40(49-44(55)60-46(4,5)6)43(54)51-27-32(59-39-26-36(30-18-12-9-13-19-30)47-37-24-31(58-7)22-23-33(37)39)25-38(51)42(53)48-35-21-15-14-20-34(35)41(52)50-61(56,57)28-29-16-10-8-11-17-29/h8-24,26,32,38,40H,25,27-28H2,1-7H3,(H,48,53)(H,49,55)(H,50,52)/t32-,38-,40-/m1/s1. The summed E-state index contributed by atoms with van der Waals surface area (Å²) in [5.41, 5.74) is 0.792. The molecule has 0 bridgehead atoms. The van der Waals surface area contributed by atoms with Gasteiger partial charge in [-0.05, 0) is 56.0 Å². The maximum absolute atomic E-state index is 14.7. The molecule has 4 amide bonds. The first-order valence-electron chi connectivity index (χ1n) is 19.8. The quantitative estimate of drug-likeness (QED) is 0.117. The van der Waals surface area contributed by atoms with E-state index in [1.165, 1.54) is 23.1 Å². The number of benzene rings is 4. The topological polar surface area (TPSA) is 182 Å². The van der Waals surface area contributed by atoms with Crippen LogP contribution in [-0.4, -0.2) is 79.6 Å². The number of fused-ring (bicyclic) bond motifs is 1. The molecule has 0 radical (unpaired) electrons. The molecule has 3 atom stereocenters. The Morgan fingerprint density at radius 3 is 2.16 bits per heavy atom. The summed E-state index contributed by atoms with van der Waals surface area (Å²) in [6.07, 6.45) is -1.52. The maximum Gasteiger partial charge on any atom is 0.408 e. The minimum absolute atomic E-state index is 0.0152. The lowest BCUT2D eigenvalue weighted by Gasteiger charge is -2.35. The monoisotopic (exact) mass is 849 g/mol. The second kappa shape index (κ2) is 18.0. The molecule has 1 aliphatic heterocycles. The Morgan fingerprint density at radius 2 is 1.51 bits per heavy atom. The van der Waals surface area contributed by atoms with Gasteiger partial charge in [-0.3, -0.25) is 14.4 Å². The van der Waals surface area contributed by atoms with Crippen LogP contribution in [0.1, 0.15) is 63.9 Å². The lowest BCUT2D eigenvalue weighted by atomic mass is 9.85. The average molecular weight is 850 g/mol. The Balaban J connectivity index is 1.33. The molecule has 14 nitrogen and oxygen atoms in total. The molecule has 1 aromatic heterocycles. The van der Waals surface area contributed by atoms with E-state index in [4.69, 9.17) is 19.2 Å². The number of alkyl carbamates (subject to hydrolysis) is 1. The van der Waals surface area contributed by atoms with Gasteiger partial charge in [0.15, 0.2) is 0 Å². The van der Waals surface area contributed by atoms with Crippen LogP contribution >= 0.6 is 0 Å². The molecular weight excluding hydrogens is 799 g/mol. The van der Waals surface area contributed by atoms with Crippen LogP contribution in [0.2, 0.25) is 0 Å². The van der Waals surface area contributed by atoms with Crippen molar-refractivity contribution in [2.24, 2.45) is 5.41 Å². The molecule has 0 unspecified atom stereocenters. The largest absolute Gasteiger partial charge is 0.497 e. The number of ether oxygens (including phenoxy) is 3. The molecule has 4 aromatic carbocycles. The van der Waals surface area contributed by atoms with Gasteiger partial charge in [0, 0.05) is 29.5 Å². The maximum atomic E-state index is 14.7. The molecule has 61 heavy (non-hydrogen) atoms. The predicted molar refractivity (Wildman–Crippen MR) is 232 cm³/mol. The number of aromatic nitrogens is 1. The van der Waals surface area contributed by atoms with Crippen LogP contribution in [0.3, 0.4) is 0 Å². The summed E-state index contributed by atoms with van der Waals surface area (Å²) in [6.45, 7) is 10.4. The average Bonchev–Trinajstić information content (AvgIpc) is 3.63. The zero-order valence-corrected chi connectivity index (χ0v) is 36.0. The Morgan fingerprint density at radius 1 is 0.852 bits per heavy atom.